The number of hydrogen-bond donors (Lipinski definition) is 2. The van der Waals surface area contributed by atoms with Crippen molar-refractivity contribution < 1.29 is 5.11 Å². The second-order valence-corrected chi connectivity index (χ2v) is 4.29. The molecule has 0 aliphatic carbocycles. The zero-order chi connectivity index (χ0) is 12.3. The summed E-state index contributed by atoms with van der Waals surface area (Å²) in [6, 6.07) is 3.44. The molecule has 4 nitrogen and oxygen atoms in total. The highest BCUT2D eigenvalue weighted by Gasteiger charge is 2.08. The van der Waals surface area contributed by atoms with E-state index in [1.165, 1.54) is 0 Å². The molecule has 1 atom stereocenters. The van der Waals surface area contributed by atoms with E-state index in [2.05, 4.69) is 0 Å². The van der Waals surface area contributed by atoms with Crippen molar-refractivity contribution in [1.82, 2.24) is 4.57 Å². The van der Waals surface area contributed by atoms with Gasteiger partial charge in [0.25, 0.3) is 5.56 Å². The van der Waals surface area contributed by atoms with Crippen LogP contribution in [0.25, 0.3) is 0 Å². The molecule has 0 radical (unpaired) electrons. The molecule has 16 heavy (non-hydrogen) atoms. The number of aliphatic hydroxyl groups excluding tert-OH is 1. The van der Waals surface area contributed by atoms with E-state index in [-0.39, 0.29) is 10.5 Å². The molecule has 5 heteroatoms. The molecule has 0 bridgehead atoms. The summed E-state index contributed by atoms with van der Waals surface area (Å²) in [7, 11) is 0. The molecule has 1 aromatic rings. The topological polar surface area (TPSA) is 68.2 Å². The van der Waals surface area contributed by atoms with Gasteiger partial charge in [-0.3, -0.25) is 4.79 Å². The Bertz CT molecular complexity index is 452. The number of hydrogen-bond acceptors (Lipinski definition) is 3. The van der Waals surface area contributed by atoms with Crippen molar-refractivity contribution >= 4 is 17.2 Å². The van der Waals surface area contributed by atoms with Crippen LogP contribution < -0.4 is 11.3 Å². The van der Waals surface area contributed by atoms with Crippen LogP contribution in [0.15, 0.2) is 16.9 Å². The molecular formula is C11H16N2O2S. The van der Waals surface area contributed by atoms with E-state index in [0.717, 1.165) is 5.69 Å². The van der Waals surface area contributed by atoms with Gasteiger partial charge in [-0.2, -0.15) is 0 Å². The lowest BCUT2D eigenvalue weighted by molar-refractivity contribution is 0.177. The fraction of sp³-hybridized carbons (Fsp3) is 0.455. The molecule has 1 unspecified atom stereocenters. The van der Waals surface area contributed by atoms with Crippen LogP contribution >= 0.6 is 12.2 Å². The third kappa shape index (κ3) is 2.90. The lowest BCUT2D eigenvalue weighted by Crippen LogP contribution is -2.30. The van der Waals surface area contributed by atoms with E-state index in [1.54, 1.807) is 23.6 Å². The summed E-state index contributed by atoms with van der Waals surface area (Å²) in [6.07, 6.45) is 0.0985. The SMILES string of the molecule is Cc1ccc(C(N)=S)c(=O)n1CCC(C)O. The Morgan fingerprint density at radius 1 is 1.62 bits per heavy atom. The molecule has 1 rings (SSSR count). The van der Waals surface area contributed by atoms with Gasteiger partial charge in [0.05, 0.1) is 11.7 Å². The minimum absolute atomic E-state index is 0.107. The fourth-order valence-electron chi connectivity index (χ4n) is 1.45. The van der Waals surface area contributed by atoms with Crippen LogP contribution in [-0.4, -0.2) is 20.8 Å². The number of pyridine rings is 1. The van der Waals surface area contributed by atoms with E-state index in [1.807, 2.05) is 6.92 Å². The van der Waals surface area contributed by atoms with Gasteiger partial charge in [-0.15, -0.1) is 0 Å². The second kappa shape index (κ2) is 5.23. The van der Waals surface area contributed by atoms with E-state index in [4.69, 9.17) is 18.0 Å². The highest BCUT2D eigenvalue weighted by atomic mass is 32.1. The van der Waals surface area contributed by atoms with Gasteiger partial charge in [-0.25, -0.2) is 0 Å². The van der Waals surface area contributed by atoms with E-state index in [9.17, 15) is 9.90 Å². The van der Waals surface area contributed by atoms with Gasteiger partial charge in [-0.05, 0) is 32.4 Å². The van der Waals surface area contributed by atoms with E-state index in [0.29, 0.717) is 18.5 Å². The van der Waals surface area contributed by atoms with Crippen LogP contribution in [0.1, 0.15) is 24.6 Å². The zero-order valence-electron chi connectivity index (χ0n) is 9.43. The van der Waals surface area contributed by atoms with Gasteiger partial charge in [0, 0.05) is 12.2 Å². The molecule has 0 aliphatic heterocycles. The predicted octanol–water partition coefficient (Wildman–Crippen LogP) is 0.562. The van der Waals surface area contributed by atoms with Crippen LogP contribution in [-0.2, 0) is 6.54 Å². The average Bonchev–Trinajstić information content (AvgIpc) is 2.16. The van der Waals surface area contributed by atoms with Crippen LogP contribution in [0.5, 0.6) is 0 Å². The maximum atomic E-state index is 12.0. The first-order valence-corrected chi connectivity index (χ1v) is 5.52. The van der Waals surface area contributed by atoms with Crippen LogP contribution in [0.3, 0.4) is 0 Å². The smallest absolute Gasteiger partial charge is 0.260 e. The Kier molecular flexibility index (Phi) is 4.20. The van der Waals surface area contributed by atoms with Gasteiger partial charge in [0.1, 0.15) is 4.99 Å². The van der Waals surface area contributed by atoms with Gasteiger partial charge in [-0.1, -0.05) is 12.2 Å². The number of rotatable bonds is 4. The van der Waals surface area contributed by atoms with Crippen molar-refractivity contribution in [2.24, 2.45) is 5.73 Å². The third-order valence-corrected chi connectivity index (χ3v) is 2.65. The van der Waals surface area contributed by atoms with Crippen molar-refractivity contribution in [1.29, 1.82) is 0 Å². The zero-order valence-corrected chi connectivity index (χ0v) is 10.3. The molecular weight excluding hydrogens is 224 g/mol. The summed E-state index contributed by atoms with van der Waals surface area (Å²) in [4.78, 5) is 12.1. The van der Waals surface area contributed by atoms with Crippen LogP contribution in [0, 0.1) is 6.92 Å². The van der Waals surface area contributed by atoms with Crippen molar-refractivity contribution in [3.8, 4) is 0 Å². The Hall–Kier alpha value is -1.20. The summed E-state index contributed by atoms with van der Waals surface area (Å²) >= 11 is 4.80. The molecule has 0 amide bonds. The third-order valence-electron chi connectivity index (χ3n) is 2.43. The molecule has 0 saturated carbocycles. The molecule has 1 heterocycles. The number of nitrogens with two attached hydrogens (primary N) is 1. The second-order valence-electron chi connectivity index (χ2n) is 3.85. The van der Waals surface area contributed by atoms with Crippen molar-refractivity contribution in [2.45, 2.75) is 32.9 Å². The normalized spacial score (nSPS) is 12.4. The molecule has 1 aromatic heterocycles. The van der Waals surface area contributed by atoms with E-state index < -0.39 is 6.10 Å². The first-order valence-electron chi connectivity index (χ1n) is 5.11. The van der Waals surface area contributed by atoms with Crippen LogP contribution in [0.4, 0.5) is 0 Å². The first kappa shape index (κ1) is 12.9. The molecule has 88 valence electrons. The molecule has 0 spiro atoms. The Morgan fingerprint density at radius 2 is 2.25 bits per heavy atom. The molecule has 0 fully saturated rings. The standard InChI is InChI=1S/C11H16N2O2S/c1-7-3-4-9(10(12)16)11(15)13(7)6-5-8(2)14/h3-4,8,14H,5-6H2,1-2H3,(H2,12,16). The van der Waals surface area contributed by atoms with Gasteiger partial charge < -0.3 is 15.4 Å². The molecule has 3 N–H and O–H groups in total. The Labute approximate surface area is 99.7 Å². The summed E-state index contributed by atoms with van der Waals surface area (Å²) < 4.78 is 1.58. The van der Waals surface area contributed by atoms with Gasteiger partial charge >= 0.3 is 0 Å². The van der Waals surface area contributed by atoms with Crippen molar-refractivity contribution in [2.75, 3.05) is 0 Å². The quantitative estimate of drug-likeness (QED) is 0.755. The van der Waals surface area contributed by atoms with Gasteiger partial charge in [0.2, 0.25) is 0 Å². The van der Waals surface area contributed by atoms with Crippen LogP contribution in [0.2, 0.25) is 0 Å². The summed E-state index contributed by atoms with van der Waals surface area (Å²) in [5.74, 6) is 0. The Morgan fingerprint density at radius 3 is 2.75 bits per heavy atom. The first-order chi connectivity index (χ1) is 7.43. The van der Waals surface area contributed by atoms with E-state index >= 15 is 0 Å². The number of aryl methyl sites for hydroxylation is 1. The lowest BCUT2D eigenvalue weighted by Gasteiger charge is -2.12. The lowest BCUT2D eigenvalue weighted by atomic mass is 10.2. The maximum absolute atomic E-state index is 12.0. The Balaban J connectivity index is 3.12. The molecule has 0 aromatic carbocycles. The minimum atomic E-state index is -0.431. The van der Waals surface area contributed by atoms with Crippen molar-refractivity contribution in [3.05, 3.63) is 33.7 Å². The summed E-state index contributed by atoms with van der Waals surface area (Å²) in [6.45, 7) is 4.00. The highest BCUT2D eigenvalue weighted by Crippen LogP contribution is 2.01. The van der Waals surface area contributed by atoms with Crippen molar-refractivity contribution in [3.63, 3.8) is 0 Å². The number of aliphatic hydroxyl groups is 1. The van der Waals surface area contributed by atoms with Gasteiger partial charge in [0.15, 0.2) is 0 Å². The maximum Gasteiger partial charge on any atom is 0.260 e. The summed E-state index contributed by atoms with van der Waals surface area (Å²) in [5.41, 5.74) is 6.46. The molecule has 0 aliphatic rings. The summed E-state index contributed by atoms with van der Waals surface area (Å²) in [5, 5.41) is 9.21. The average molecular weight is 240 g/mol. The minimum Gasteiger partial charge on any atom is -0.393 e. The number of thiocarbonyl (C=S) groups is 1. The largest absolute Gasteiger partial charge is 0.393 e. The monoisotopic (exact) mass is 240 g/mol. The number of nitrogens with zero attached hydrogens (tertiary/aromatic N) is 1. The predicted molar refractivity (Wildman–Crippen MR) is 67.6 cm³/mol. The number of aromatic nitrogens is 1. The molecule has 0 saturated heterocycles. The fourth-order valence-corrected chi connectivity index (χ4v) is 1.61. The highest BCUT2D eigenvalue weighted by molar-refractivity contribution is 7.80.